The highest BCUT2D eigenvalue weighted by atomic mass is 17.8. The van der Waals surface area contributed by atoms with Crippen LogP contribution in [0.2, 0.25) is 0 Å². The summed E-state index contributed by atoms with van der Waals surface area (Å²) in [5.41, 5.74) is 0. The van der Waals surface area contributed by atoms with Gasteiger partial charge in [-0.3, -0.25) is 0 Å². The van der Waals surface area contributed by atoms with E-state index in [9.17, 15) is 0 Å². The molecule has 0 aliphatic rings. The molecule has 0 aromatic carbocycles. The Morgan fingerprint density at radius 2 is 1.50 bits per heavy atom. The second-order valence-corrected chi connectivity index (χ2v) is 3.15. The van der Waals surface area contributed by atoms with Gasteiger partial charge in [0.15, 0.2) is 0 Å². The lowest BCUT2D eigenvalue weighted by molar-refractivity contribution is -0.702. The Labute approximate surface area is 84.6 Å². The lowest BCUT2D eigenvalue weighted by Gasteiger charge is -2.00. The molecule has 5 heteroatoms. The summed E-state index contributed by atoms with van der Waals surface area (Å²) in [4.78, 5) is 4.49. The van der Waals surface area contributed by atoms with Gasteiger partial charge in [-0.1, -0.05) is 45.4 Å². The number of hydrogen-bond acceptors (Lipinski definition) is 5. The van der Waals surface area contributed by atoms with Gasteiger partial charge >= 0.3 is 0 Å². The summed E-state index contributed by atoms with van der Waals surface area (Å²) in [6, 6.07) is 0. The van der Waals surface area contributed by atoms with E-state index < -0.39 is 0 Å². The summed E-state index contributed by atoms with van der Waals surface area (Å²) in [7, 11) is 0. The molecule has 0 unspecified atom stereocenters. The topological polar surface area (TPSA) is 57.2 Å². The molecule has 0 aliphatic heterocycles. The van der Waals surface area contributed by atoms with Gasteiger partial charge in [0.2, 0.25) is 0 Å². The fourth-order valence-corrected chi connectivity index (χ4v) is 1.18. The Hall–Kier alpha value is -0.200. The van der Waals surface area contributed by atoms with Crippen LogP contribution in [0.5, 0.6) is 0 Å². The van der Waals surface area contributed by atoms with Crippen LogP contribution in [0.3, 0.4) is 0 Å². The average molecular weight is 208 g/mol. The summed E-state index contributed by atoms with van der Waals surface area (Å²) in [5, 5.41) is 18.4. The first-order chi connectivity index (χ1) is 6.91. The summed E-state index contributed by atoms with van der Waals surface area (Å²) in [6.07, 6.45) is 8.45. The van der Waals surface area contributed by atoms with Gasteiger partial charge in [0, 0.05) is 0 Å². The van der Waals surface area contributed by atoms with E-state index in [4.69, 9.17) is 5.26 Å². The Bertz CT molecular complexity index is 87.2. The third-order valence-corrected chi connectivity index (χ3v) is 1.94. The van der Waals surface area contributed by atoms with Crippen LogP contribution < -0.4 is 0 Å². The van der Waals surface area contributed by atoms with Gasteiger partial charge in [0.1, 0.15) is 0 Å². The highest BCUT2D eigenvalue weighted by Crippen LogP contribution is 2.06. The SMILES string of the molecule is CCCCCCCCCOOOOO. The monoisotopic (exact) mass is 208 g/mol. The van der Waals surface area contributed by atoms with Crippen molar-refractivity contribution >= 4 is 0 Å². The molecule has 0 aromatic rings. The van der Waals surface area contributed by atoms with Crippen molar-refractivity contribution in [2.45, 2.75) is 51.9 Å². The van der Waals surface area contributed by atoms with E-state index in [1.54, 1.807) is 0 Å². The molecular weight excluding hydrogens is 188 g/mol. The second-order valence-electron chi connectivity index (χ2n) is 3.15. The van der Waals surface area contributed by atoms with Crippen molar-refractivity contribution in [3.63, 3.8) is 0 Å². The minimum absolute atomic E-state index is 0.442. The first-order valence-electron chi connectivity index (χ1n) is 5.18. The van der Waals surface area contributed by atoms with Crippen LogP contribution in [0.1, 0.15) is 51.9 Å². The van der Waals surface area contributed by atoms with Crippen molar-refractivity contribution in [3.8, 4) is 0 Å². The van der Waals surface area contributed by atoms with Gasteiger partial charge in [-0.25, -0.2) is 10.1 Å². The van der Waals surface area contributed by atoms with Crippen LogP contribution in [-0.4, -0.2) is 11.9 Å². The maximum Gasteiger partial charge on any atom is 0.0855 e. The molecule has 0 saturated carbocycles. The third-order valence-electron chi connectivity index (χ3n) is 1.94. The highest BCUT2D eigenvalue weighted by molar-refractivity contribution is 4.43. The molecule has 0 atom stereocenters. The van der Waals surface area contributed by atoms with Crippen LogP contribution >= 0.6 is 0 Å². The van der Waals surface area contributed by atoms with E-state index >= 15 is 0 Å². The van der Waals surface area contributed by atoms with Crippen molar-refractivity contribution in [1.29, 1.82) is 0 Å². The molecule has 14 heavy (non-hydrogen) atoms. The molecule has 0 amide bonds. The zero-order chi connectivity index (χ0) is 10.5. The third kappa shape index (κ3) is 11.8. The van der Waals surface area contributed by atoms with E-state index in [-0.39, 0.29) is 0 Å². The Morgan fingerprint density at radius 1 is 0.857 bits per heavy atom. The minimum atomic E-state index is 0.442. The molecule has 0 aromatic heterocycles. The standard InChI is InChI=1S/C9H20O5/c1-2-3-4-5-6-7-8-9-11-13-14-12-10/h10H,2-9H2,1H3. The van der Waals surface area contributed by atoms with Crippen LogP contribution in [0.15, 0.2) is 0 Å². The molecule has 0 aliphatic carbocycles. The molecule has 0 radical (unpaired) electrons. The molecule has 0 heterocycles. The van der Waals surface area contributed by atoms with Gasteiger partial charge in [0.25, 0.3) is 0 Å². The average Bonchev–Trinajstić information content (AvgIpc) is 2.21. The molecule has 5 nitrogen and oxygen atoms in total. The summed E-state index contributed by atoms with van der Waals surface area (Å²) < 4.78 is 0. The van der Waals surface area contributed by atoms with Crippen molar-refractivity contribution < 1.29 is 25.3 Å². The first kappa shape index (κ1) is 13.8. The predicted octanol–water partition coefficient (Wildman–Crippen LogP) is 3.02. The number of unbranched alkanes of at least 4 members (excludes halogenated alkanes) is 6. The predicted molar refractivity (Wildman–Crippen MR) is 49.8 cm³/mol. The zero-order valence-corrected chi connectivity index (χ0v) is 8.74. The van der Waals surface area contributed by atoms with Crippen LogP contribution in [-0.2, 0) is 20.0 Å². The Kier molecular flexibility index (Phi) is 12.6. The molecule has 1 N–H and O–H groups in total. The normalized spacial score (nSPS) is 10.7. The number of rotatable bonds is 11. The molecule has 0 bridgehead atoms. The van der Waals surface area contributed by atoms with E-state index in [2.05, 4.69) is 26.9 Å². The quantitative estimate of drug-likeness (QED) is 0.321. The number of hydrogen-bond donors (Lipinski definition) is 1. The minimum Gasteiger partial charge on any atom is -0.219 e. The molecular formula is C9H20O5. The van der Waals surface area contributed by atoms with E-state index in [1.807, 2.05) is 0 Å². The van der Waals surface area contributed by atoms with Crippen LogP contribution in [0.25, 0.3) is 0 Å². The Morgan fingerprint density at radius 3 is 2.14 bits per heavy atom. The zero-order valence-electron chi connectivity index (χ0n) is 8.74. The Balaban J connectivity index is 2.78. The molecule has 0 saturated heterocycles. The molecule has 0 rings (SSSR count). The fraction of sp³-hybridized carbons (Fsp3) is 1.00. The fourth-order valence-electron chi connectivity index (χ4n) is 1.18. The van der Waals surface area contributed by atoms with Gasteiger partial charge in [-0.05, 0) is 21.5 Å². The van der Waals surface area contributed by atoms with Crippen LogP contribution in [0.4, 0.5) is 0 Å². The van der Waals surface area contributed by atoms with Crippen molar-refractivity contribution in [3.05, 3.63) is 0 Å². The van der Waals surface area contributed by atoms with Crippen molar-refractivity contribution in [2.24, 2.45) is 0 Å². The van der Waals surface area contributed by atoms with Crippen molar-refractivity contribution in [1.82, 2.24) is 0 Å². The van der Waals surface area contributed by atoms with Gasteiger partial charge in [0.05, 0.1) is 6.61 Å². The lowest BCUT2D eigenvalue weighted by Crippen LogP contribution is -1.97. The largest absolute Gasteiger partial charge is 0.219 e. The summed E-state index contributed by atoms with van der Waals surface area (Å²) in [6.45, 7) is 2.64. The second kappa shape index (κ2) is 12.8. The maximum atomic E-state index is 7.66. The van der Waals surface area contributed by atoms with Crippen LogP contribution in [0, 0.1) is 0 Å². The summed E-state index contributed by atoms with van der Waals surface area (Å²) in [5.74, 6) is 0. The smallest absolute Gasteiger partial charge is 0.0855 e. The van der Waals surface area contributed by atoms with E-state index in [0.717, 1.165) is 12.8 Å². The maximum absolute atomic E-state index is 7.66. The summed E-state index contributed by atoms with van der Waals surface area (Å²) >= 11 is 0. The van der Waals surface area contributed by atoms with Gasteiger partial charge in [-0.15, -0.1) is 0 Å². The van der Waals surface area contributed by atoms with E-state index in [0.29, 0.717) is 6.61 Å². The lowest BCUT2D eigenvalue weighted by atomic mass is 10.1. The van der Waals surface area contributed by atoms with Gasteiger partial charge in [-0.2, -0.15) is 0 Å². The molecule has 86 valence electrons. The first-order valence-corrected chi connectivity index (χ1v) is 5.18. The molecule has 0 spiro atoms. The van der Waals surface area contributed by atoms with E-state index in [1.165, 1.54) is 32.1 Å². The highest BCUT2D eigenvalue weighted by Gasteiger charge is 1.92. The molecule has 0 fully saturated rings. The van der Waals surface area contributed by atoms with Gasteiger partial charge < -0.3 is 0 Å². The van der Waals surface area contributed by atoms with Crippen molar-refractivity contribution in [2.75, 3.05) is 6.61 Å².